The molecule has 0 radical (unpaired) electrons. The van der Waals surface area contributed by atoms with Gasteiger partial charge in [-0.15, -0.1) is 0 Å². The van der Waals surface area contributed by atoms with Crippen LogP contribution in [0.2, 0.25) is 0 Å². The van der Waals surface area contributed by atoms with E-state index in [0.717, 1.165) is 23.4 Å². The van der Waals surface area contributed by atoms with Gasteiger partial charge in [0.25, 0.3) is 0 Å². The molecule has 0 heterocycles. The van der Waals surface area contributed by atoms with Crippen LogP contribution in [0.25, 0.3) is 0 Å². The van der Waals surface area contributed by atoms with Crippen LogP contribution in [0.5, 0.6) is 5.75 Å². The van der Waals surface area contributed by atoms with Crippen molar-refractivity contribution in [1.82, 2.24) is 5.32 Å². The lowest BCUT2D eigenvalue weighted by atomic mass is 9.86. The summed E-state index contributed by atoms with van der Waals surface area (Å²) in [6, 6.07) is 5.94. The van der Waals surface area contributed by atoms with E-state index in [2.05, 4.69) is 5.32 Å². The van der Waals surface area contributed by atoms with Crippen LogP contribution in [0, 0.1) is 6.92 Å². The highest BCUT2D eigenvalue weighted by molar-refractivity contribution is 5.75. The fourth-order valence-corrected chi connectivity index (χ4v) is 2.24. The Hall–Kier alpha value is -1.55. The zero-order valence-corrected chi connectivity index (χ0v) is 11.5. The topological polar surface area (TPSA) is 64.3 Å². The van der Waals surface area contributed by atoms with Gasteiger partial charge in [-0.3, -0.25) is 4.79 Å². The fourth-order valence-electron chi connectivity index (χ4n) is 2.24. The monoisotopic (exact) mass is 250 g/mol. The zero-order chi connectivity index (χ0) is 13.8. The number of amides is 1. The van der Waals surface area contributed by atoms with E-state index >= 15 is 0 Å². The van der Waals surface area contributed by atoms with Crippen molar-refractivity contribution in [3.8, 4) is 5.75 Å². The summed E-state index contributed by atoms with van der Waals surface area (Å²) < 4.78 is 5.38. The summed E-state index contributed by atoms with van der Waals surface area (Å²) in [7, 11) is 1.63. The van der Waals surface area contributed by atoms with Crippen molar-refractivity contribution < 1.29 is 9.53 Å². The number of carbonyl (C=O) groups is 1. The van der Waals surface area contributed by atoms with Gasteiger partial charge in [0, 0.05) is 12.0 Å². The Morgan fingerprint density at radius 1 is 1.50 bits per heavy atom. The van der Waals surface area contributed by atoms with Gasteiger partial charge in [-0.25, -0.2) is 0 Å². The number of benzene rings is 1. The summed E-state index contributed by atoms with van der Waals surface area (Å²) in [6.07, 6.45) is 0.237. The lowest BCUT2D eigenvalue weighted by Gasteiger charge is -2.31. The van der Waals surface area contributed by atoms with E-state index in [4.69, 9.17) is 10.5 Å². The minimum atomic E-state index is -0.502. The Bertz CT molecular complexity index is 432. The smallest absolute Gasteiger partial charge is 0.219 e. The standard InChI is InChI=1S/C14H22N2O2/c1-5-16-14(3,9-13(15)17)11-8-10(2)6-7-12(11)18-4/h6-8,16H,5,9H2,1-4H3,(H2,15,17). The Labute approximate surface area is 109 Å². The van der Waals surface area contributed by atoms with Gasteiger partial charge >= 0.3 is 0 Å². The number of methoxy groups -OCH3 is 1. The number of nitrogens with two attached hydrogens (primary N) is 1. The molecule has 0 saturated heterocycles. The second-order valence-electron chi connectivity index (χ2n) is 4.71. The molecule has 18 heavy (non-hydrogen) atoms. The Morgan fingerprint density at radius 2 is 2.17 bits per heavy atom. The first-order chi connectivity index (χ1) is 8.42. The van der Waals surface area contributed by atoms with Crippen molar-refractivity contribution in [3.05, 3.63) is 29.3 Å². The molecule has 4 heteroatoms. The summed E-state index contributed by atoms with van der Waals surface area (Å²) in [5.41, 5.74) is 6.94. The first kappa shape index (κ1) is 14.5. The number of hydrogen-bond acceptors (Lipinski definition) is 3. The number of carbonyl (C=O) groups excluding carboxylic acids is 1. The molecule has 0 aromatic heterocycles. The Balaban J connectivity index is 3.27. The van der Waals surface area contributed by atoms with Crippen molar-refractivity contribution >= 4 is 5.91 Å². The van der Waals surface area contributed by atoms with Crippen molar-refractivity contribution in [2.24, 2.45) is 5.73 Å². The van der Waals surface area contributed by atoms with Crippen LogP contribution in [-0.4, -0.2) is 19.6 Å². The Morgan fingerprint density at radius 3 is 2.67 bits per heavy atom. The van der Waals surface area contributed by atoms with Gasteiger partial charge in [-0.05, 0) is 26.5 Å². The second kappa shape index (κ2) is 5.87. The predicted octanol–water partition coefficient (Wildman–Crippen LogP) is 1.70. The van der Waals surface area contributed by atoms with Crippen molar-refractivity contribution in [2.75, 3.05) is 13.7 Å². The third kappa shape index (κ3) is 3.23. The van der Waals surface area contributed by atoms with Gasteiger partial charge in [-0.1, -0.05) is 24.6 Å². The van der Waals surface area contributed by atoms with E-state index in [1.165, 1.54) is 0 Å². The molecular weight excluding hydrogens is 228 g/mol. The summed E-state index contributed by atoms with van der Waals surface area (Å²) in [6.45, 7) is 6.74. The second-order valence-corrected chi connectivity index (χ2v) is 4.71. The average molecular weight is 250 g/mol. The molecule has 4 nitrogen and oxygen atoms in total. The molecule has 0 saturated carbocycles. The van der Waals surface area contributed by atoms with Gasteiger partial charge in [0.05, 0.1) is 12.6 Å². The molecule has 0 bridgehead atoms. The van der Waals surface area contributed by atoms with Gasteiger partial charge in [0.1, 0.15) is 5.75 Å². The van der Waals surface area contributed by atoms with Crippen LogP contribution in [0.4, 0.5) is 0 Å². The van der Waals surface area contributed by atoms with Gasteiger partial charge in [0.15, 0.2) is 0 Å². The van der Waals surface area contributed by atoms with Gasteiger partial charge in [-0.2, -0.15) is 0 Å². The van der Waals surface area contributed by atoms with Crippen molar-refractivity contribution in [1.29, 1.82) is 0 Å². The molecular formula is C14H22N2O2. The molecule has 0 fully saturated rings. The van der Waals surface area contributed by atoms with Crippen LogP contribution in [0.1, 0.15) is 31.4 Å². The van der Waals surface area contributed by atoms with E-state index in [-0.39, 0.29) is 12.3 Å². The van der Waals surface area contributed by atoms with Crippen LogP contribution < -0.4 is 15.8 Å². The molecule has 1 aromatic carbocycles. The molecule has 1 atom stereocenters. The normalized spacial score (nSPS) is 14.0. The minimum Gasteiger partial charge on any atom is -0.496 e. The third-order valence-electron chi connectivity index (χ3n) is 3.04. The first-order valence-electron chi connectivity index (χ1n) is 6.11. The highest BCUT2D eigenvalue weighted by Crippen LogP contribution is 2.33. The van der Waals surface area contributed by atoms with Gasteiger partial charge in [0.2, 0.25) is 5.91 Å². The largest absolute Gasteiger partial charge is 0.496 e. The molecule has 1 amide bonds. The van der Waals surface area contributed by atoms with E-state index in [0.29, 0.717) is 0 Å². The highest BCUT2D eigenvalue weighted by Gasteiger charge is 2.30. The molecule has 100 valence electrons. The number of rotatable bonds is 6. The molecule has 0 aliphatic heterocycles. The first-order valence-corrected chi connectivity index (χ1v) is 6.11. The molecule has 1 unspecified atom stereocenters. The number of hydrogen-bond donors (Lipinski definition) is 2. The quantitative estimate of drug-likeness (QED) is 0.807. The summed E-state index contributed by atoms with van der Waals surface area (Å²) in [5.74, 6) is 0.437. The molecule has 0 aliphatic rings. The maximum atomic E-state index is 11.3. The molecule has 0 spiro atoms. The van der Waals surface area contributed by atoms with Crippen LogP contribution in [0.3, 0.4) is 0 Å². The summed E-state index contributed by atoms with van der Waals surface area (Å²) >= 11 is 0. The third-order valence-corrected chi connectivity index (χ3v) is 3.04. The summed E-state index contributed by atoms with van der Waals surface area (Å²) in [5, 5.41) is 3.33. The fraction of sp³-hybridized carbons (Fsp3) is 0.500. The van der Waals surface area contributed by atoms with E-state index in [1.807, 2.05) is 39.0 Å². The minimum absolute atomic E-state index is 0.237. The maximum Gasteiger partial charge on any atom is 0.219 e. The lowest BCUT2D eigenvalue weighted by Crippen LogP contribution is -2.43. The summed E-state index contributed by atoms with van der Waals surface area (Å²) in [4.78, 5) is 11.3. The zero-order valence-electron chi connectivity index (χ0n) is 11.5. The number of aryl methyl sites for hydroxylation is 1. The van der Waals surface area contributed by atoms with Crippen LogP contribution in [-0.2, 0) is 10.3 Å². The number of primary amides is 1. The maximum absolute atomic E-state index is 11.3. The molecule has 1 aromatic rings. The highest BCUT2D eigenvalue weighted by atomic mass is 16.5. The van der Waals surface area contributed by atoms with Crippen LogP contribution in [0.15, 0.2) is 18.2 Å². The van der Waals surface area contributed by atoms with Crippen molar-refractivity contribution in [2.45, 2.75) is 32.7 Å². The predicted molar refractivity (Wildman–Crippen MR) is 72.6 cm³/mol. The SMILES string of the molecule is CCNC(C)(CC(N)=O)c1cc(C)ccc1OC. The Kier molecular flexibility index (Phi) is 4.73. The van der Waals surface area contributed by atoms with Crippen molar-refractivity contribution in [3.63, 3.8) is 0 Å². The number of ether oxygens (including phenoxy) is 1. The number of nitrogens with one attached hydrogen (secondary N) is 1. The van der Waals surface area contributed by atoms with E-state index < -0.39 is 5.54 Å². The molecule has 1 rings (SSSR count). The lowest BCUT2D eigenvalue weighted by molar-refractivity contribution is -0.119. The average Bonchev–Trinajstić information content (AvgIpc) is 2.28. The molecule has 3 N–H and O–H groups in total. The van der Waals surface area contributed by atoms with Gasteiger partial charge < -0.3 is 15.8 Å². The molecule has 0 aliphatic carbocycles. The van der Waals surface area contributed by atoms with Crippen LogP contribution >= 0.6 is 0 Å². The van der Waals surface area contributed by atoms with E-state index in [1.54, 1.807) is 7.11 Å². The van der Waals surface area contributed by atoms with E-state index in [9.17, 15) is 4.79 Å².